The highest BCUT2D eigenvalue weighted by molar-refractivity contribution is 5.54. The van der Waals surface area contributed by atoms with Gasteiger partial charge in [-0.25, -0.2) is 0 Å². The smallest absolute Gasteiger partial charge is 0.195 e. The molecule has 1 aromatic carbocycles. The number of benzene rings is 1. The molecule has 0 radical (unpaired) electrons. The highest BCUT2D eigenvalue weighted by Gasteiger charge is 2.81. The van der Waals surface area contributed by atoms with E-state index < -0.39 is 30.0 Å². The van der Waals surface area contributed by atoms with Gasteiger partial charge in [0.25, 0.3) is 0 Å². The van der Waals surface area contributed by atoms with Crippen molar-refractivity contribution in [2.75, 3.05) is 0 Å². The second kappa shape index (κ2) is 5.51. The molecule has 0 aliphatic carbocycles. The van der Waals surface area contributed by atoms with Crippen LogP contribution in [-0.4, -0.2) is 23.9 Å². The van der Waals surface area contributed by atoms with E-state index in [0.29, 0.717) is 11.6 Å². The Balaban J connectivity index is 3.20. The van der Waals surface area contributed by atoms with Gasteiger partial charge in [-0.05, 0) is 24.1 Å². The van der Waals surface area contributed by atoms with Crippen molar-refractivity contribution in [3.63, 3.8) is 0 Å². The summed E-state index contributed by atoms with van der Waals surface area (Å²) in [5, 5.41) is 0. The Morgan fingerprint density at radius 1 is 0.773 bits per heavy atom. The minimum Gasteiger partial charge on any atom is -0.195 e. The molecule has 0 amide bonds. The van der Waals surface area contributed by atoms with Crippen LogP contribution >= 0.6 is 0 Å². The number of aryl methyl sites for hydroxylation is 1. The van der Waals surface area contributed by atoms with Gasteiger partial charge in [0.1, 0.15) is 0 Å². The number of rotatable bonds is 4. The zero-order chi connectivity index (χ0) is 17.4. The van der Waals surface area contributed by atoms with Crippen LogP contribution < -0.4 is 0 Å². The molecule has 0 spiro atoms. The van der Waals surface area contributed by atoms with Gasteiger partial charge in [0.05, 0.1) is 0 Å². The van der Waals surface area contributed by atoms with Crippen molar-refractivity contribution in [3.05, 3.63) is 41.5 Å². The van der Waals surface area contributed by atoms with E-state index >= 15 is 0 Å². The van der Waals surface area contributed by atoms with Crippen LogP contribution in [0.3, 0.4) is 0 Å². The minimum absolute atomic E-state index is 0.0201. The van der Waals surface area contributed by atoms with Gasteiger partial charge >= 0.3 is 23.9 Å². The number of halogens is 9. The molecule has 0 nitrogen and oxygen atoms in total. The highest BCUT2D eigenvalue weighted by atomic mass is 19.4. The Kier molecular flexibility index (Phi) is 4.60. The Hall–Kier alpha value is -1.67. The highest BCUT2D eigenvalue weighted by Crippen LogP contribution is 2.53. The van der Waals surface area contributed by atoms with Crippen LogP contribution in [0.4, 0.5) is 39.5 Å². The molecule has 0 atom stereocenters. The predicted octanol–water partition coefficient (Wildman–Crippen LogP) is 5.48. The van der Waals surface area contributed by atoms with E-state index in [1.807, 2.05) is 0 Å². The van der Waals surface area contributed by atoms with Crippen LogP contribution in [0.5, 0.6) is 0 Å². The summed E-state index contributed by atoms with van der Waals surface area (Å²) < 4.78 is 113. The van der Waals surface area contributed by atoms with Gasteiger partial charge in [0.2, 0.25) is 0 Å². The second-order valence-electron chi connectivity index (χ2n) is 4.46. The molecule has 0 aliphatic rings. The molecule has 0 unspecified atom stereocenters. The lowest BCUT2D eigenvalue weighted by atomic mass is 10.0. The first-order valence-corrected chi connectivity index (χ1v) is 5.69. The largest absolute Gasteiger partial charge is 0.460 e. The van der Waals surface area contributed by atoms with Crippen molar-refractivity contribution in [1.82, 2.24) is 0 Å². The minimum atomic E-state index is -6.88. The summed E-state index contributed by atoms with van der Waals surface area (Å²) >= 11 is 0. The molecule has 22 heavy (non-hydrogen) atoms. The third-order valence-corrected chi connectivity index (χ3v) is 2.83. The topological polar surface area (TPSA) is 0 Å². The molecule has 0 N–H and O–H groups in total. The van der Waals surface area contributed by atoms with Gasteiger partial charge in [0.15, 0.2) is 0 Å². The molecule has 0 bridgehead atoms. The Morgan fingerprint density at radius 2 is 1.27 bits per heavy atom. The summed E-state index contributed by atoms with van der Waals surface area (Å²) in [6.07, 6.45) is -7.10. The maximum Gasteiger partial charge on any atom is 0.460 e. The molecule has 1 rings (SSSR count). The molecule has 9 heteroatoms. The normalized spacial score (nSPS) is 14.6. The average Bonchev–Trinajstić information content (AvgIpc) is 2.36. The van der Waals surface area contributed by atoms with Gasteiger partial charge in [-0.3, -0.25) is 0 Å². The van der Waals surface area contributed by atoms with E-state index in [9.17, 15) is 39.5 Å². The number of hydrogen-bond donors (Lipinski definition) is 0. The average molecular weight is 336 g/mol. The molecule has 124 valence electrons. The molecule has 0 aromatic heterocycles. The van der Waals surface area contributed by atoms with Crippen LogP contribution in [0, 0.1) is 6.92 Å². The van der Waals surface area contributed by atoms with Crippen molar-refractivity contribution in [1.29, 1.82) is 0 Å². The summed E-state index contributed by atoms with van der Waals surface area (Å²) in [7, 11) is 0. The number of hydrogen-bond acceptors (Lipinski definition) is 0. The molecule has 1 aromatic rings. The standard InChI is InChI=1S/C13H9F9/c1-8-4-2-3-5-9(8)6-7-10(14,15)11(16,17)12(18,19)13(20,21)22/h2-7H,1H3/b7-6+. The second-order valence-corrected chi connectivity index (χ2v) is 4.46. The molecule has 0 saturated carbocycles. The fourth-order valence-corrected chi connectivity index (χ4v) is 1.46. The first-order valence-electron chi connectivity index (χ1n) is 5.69. The van der Waals surface area contributed by atoms with Crippen LogP contribution in [0.25, 0.3) is 6.08 Å². The fourth-order valence-electron chi connectivity index (χ4n) is 1.46. The number of alkyl halides is 9. The quantitative estimate of drug-likeness (QED) is 0.639. The van der Waals surface area contributed by atoms with Crippen molar-refractivity contribution in [2.45, 2.75) is 30.9 Å². The Bertz CT molecular complexity index is 555. The van der Waals surface area contributed by atoms with Crippen LogP contribution in [0.2, 0.25) is 0 Å². The van der Waals surface area contributed by atoms with E-state index in [1.54, 1.807) is 0 Å². The lowest BCUT2D eigenvalue weighted by molar-refractivity contribution is -0.388. The molecule has 0 heterocycles. The zero-order valence-corrected chi connectivity index (χ0v) is 10.9. The van der Waals surface area contributed by atoms with Crippen molar-refractivity contribution in [2.24, 2.45) is 0 Å². The number of allylic oxidation sites excluding steroid dienone is 1. The predicted molar refractivity (Wildman–Crippen MR) is 61.1 cm³/mol. The lowest BCUT2D eigenvalue weighted by Gasteiger charge is -2.32. The van der Waals surface area contributed by atoms with Gasteiger partial charge < -0.3 is 0 Å². The zero-order valence-electron chi connectivity index (χ0n) is 10.9. The third-order valence-electron chi connectivity index (χ3n) is 2.83. The maximum absolute atomic E-state index is 13.2. The maximum atomic E-state index is 13.2. The van der Waals surface area contributed by atoms with Crippen molar-refractivity contribution < 1.29 is 39.5 Å². The summed E-state index contributed by atoms with van der Waals surface area (Å²) in [4.78, 5) is 0. The molecular weight excluding hydrogens is 327 g/mol. The molecule has 0 saturated heterocycles. The first-order chi connectivity index (χ1) is 9.74. The van der Waals surface area contributed by atoms with E-state index in [2.05, 4.69) is 0 Å². The third kappa shape index (κ3) is 3.07. The van der Waals surface area contributed by atoms with Gasteiger partial charge in [-0.2, -0.15) is 39.5 Å². The van der Waals surface area contributed by atoms with Gasteiger partial charge in [-0.15, -0.1) is 0 Å². The first kappa shape index (κ1) is 18.4. The van der Waals surface area contributed by atoms with Crippen molar-refractivity contribution in [3.8, 4) is 0 Å². The summed E-state index contributed by atoms with van der Waals surface area (Å²) in [6, 6.07) is 5.48. The molecular formula is C13H9F9. The van der Waals surface area contributed by atoms with E-state index in [0.717, 1.165) is 0 Å². The lowest BCUT2D eigenvalue weighted by Crippen LogP contribution is -2.60. The summed E-state index contributed by atoms with van der Waals surface area (Å²) in [6.45, 7) is 1.42. The monoisotopic (exact) mass is 336 g/mol. The SMILES string of the molecule is Cc1ccccc1/C=C/C(F)(F)C(F)(F)C(F)(F)C(F)(F)F. The summed E-state index contributed by atoms with van der Waals surface area (Å²) in [5.41, 5.74) is 0.328. The van der Waals surface area contributed by atoms with Gasteiger partial charge in [-0.1, -0.05) is 30.3 Å². The van der Waals surface area contributed by atoms with E-state index in [4.69, 9.17) is 0 Å². The molecule has 0 fully saturated rings. The van der Waals surface area contributed by atoms with Crippen LogP contribution in [0.1, 0.15) is 11.1 Å². The van der Waals surface area contributed by atoms with Crippen molar-refractivity contribution >= 4 is 6.08 Å². The Labute approximate surface area is 119 Å². The Morgan fingerprint density at radius 3 is 1.73 bits per heavy atom. The van der Waals surface area contributed by atoms with E-state index in [-0.39, 0.29) is 5.56 Å². The van der Waals surface area contributed by atoms with Crippen LogP contribution in [0.15, 0.2) is 30.3 Å². The van der Waals surface area contributed by atoms with Gasteiger partial charge in [0, 0.05) is 0 Å². The molecule has 0 aliphatic heterocycles. The summed E-state index contributed by atoms with van der Waals surface area (Å²) in [5.74, 6) is -19.2. The van der Waals surface area contributed by atoms with E-state index in [1.165, 1.54) is 31.2 Å². The fraction of sp³-hybridized carbons (Fsp3) is 0.385. The van der Waals surface area contributed by atoms with Crippen LogP contribution in [-0.2, 0) is 0 Å².